The average Bonchev–Trinajstić information content (AvgIpc) is 2.52. The zero-order valence-electron chi connectivity index (χ0n) is 12.9. The lowest BCUT2D eigenvalue weighted by atomic mass is 9.94. The van der Waals surface area contributed by atoms with Gasteiger partial charge in [-0.05, 0) is 43.7 Å². The van der Waals surface area contributed by atoms with Gasteiger partial charge in [0.1, 0.15) is 0 Å². The summed E-state index contributed by atoms with van der Waals surface area (Å²) in [6.45, 7) is 4.06. The molecule has 1 N–H and O–H groups in total. The molecule has 118 valence electrons. The van der Waals surface area contributed by atoms with Crippen molar-refractivity contribution in [3.05, 3.63) is 36.0 Å². The number of fused-ring (bicyclic) bond motifs is 1. The topological polar surface area (TPSA) is 28.2 Å². The smallest absolute Gasteiger partial charge is 0.265 e. The van der Waals surface area contributed by atoms with E-state index in [1.54, 1.807) is 6.20 Å². The standard InChI is InChI=1S/C17H21F2N3/c1-11-8-12(20-2)10-22(9-11)15-6-5-14(17(18)19)16-13(15)4-3-7-21-16/h3-7,11-12,17,20H,8-10H2,1-2H3/t11-,12+/m1/s1. The number of pyridine rings is 1. The molecule has 1 aliphatic rings. The molecule has 3 nitrogen and oxygen atoms in total. The first-order valence-electron chi connectivity index (χ1n) is 7.68. The number of hydrogen-bond acceptors (Lipinski definition) is 3. The minimum atomic E-state index is -2.50. The van der Waals surface area contributed by atoms with Crippen molar-refractivity contribution >= 4 is 16.6 Å². The Morgan fingerprint density at radius 2 is 2.09 bits per heavy atom. The van der Waals surface area contributed by atoms with Crippen molar-refractivity contribution in [3.8, 4) is 0 Å². The normalized spacial score (nSPS) is 22.5. The van der Waals surface area contributed by atoms with Crippen LogP contribution in [0.25, 0.3) is 10.9 Å². The summed E-state index contributed by atoms with van der Waals surface area (Å²) in [5.74, 6) is 0.563. The minimum Gasteiger partial charge on any atom is -0.369 e. The summed E-state index contributed by atoms with van der Waals surface area (Å²) in [7, 11) is 1.97. The summed E-state index contributed by atoms with van der Waals surface area (Å²) in [6.07, 6.45) is 0.211. The number of benzene rings is 1. The number of hydrogen-bond donors (Lipinski definition) is 1. The first kappa shape index (κ1) is 15.2. The van der Waals surface area contributed by atoms with Crippen LogP contribution in [0, 0.1) is 5.92 Å². The molecule has 0 radical (unpaired) electrons. The van der Waals surface area contributed by atoms with Crippen molar-refractivity contribution in [3.63, 3.8) is 0 Å². The Kier molecular flexibility index (Phi) is 4.25. The molecule has 22 heavy (non-hydrogen) atoms. The quantitative estimate of drug-likeness (QED) is 0.939. The molecular formula is C17H21F2N3. The number of rotatable bonds is 3. The molecule has 1 fully saturated rings. The lowest BCUT2D eigenvalue weighted by Crippen LogP contribution is -2.47. The van der Waals surface area contributed by atoms with Crippen LogP contribution >= 0.6 is 0 Å². The molecule has 0 spiro atoms. The zero-order chi connectivity index (χ0) is 15.7. The van der Waals surface area contributed by atoms with Gasteiger partial charge in [-0.15, -0.1) is 0 Å². The lowest BCUT2D eigenvalue weighted by molar-refractivity contribution is 0.153. The van der Waals surface area contributed by atoms with Crippen molar-refractivity contribution < 1.29 is 8.78 Å². The Labute approximate surface area is 129 Å². The van der Waals surface area contributed by atoms with Gasteiger partial charge in [-0.1, -0.05) is 6.92 Å². The molecule has 0 bridgehead atoms. The number of aromatic nitrogens is 1. The lowest BCUT2D eigenvalue weighted by Gasteiger charge is -2.38. The molecule has 5 heteroatoms. The van der Waals surface area contributed by atoms with Crippen LogP contribution in [-0.2, 0) is 0 Å². The van der Waals surface area contributed by atoms with Crippen LogP contribution in [0.4, 0.5) is 14.5 Å². The van der Waals surface area contributed by atoms with Gasteiger partial charge in [0.05, 0.1) is 5.52 Å². The molecular weight excluding hydrogens is 284 g/mol. The third-order valence-corrected chi connectivity index (χ3v) is 4.42. The molecule has 1 saturated heterocycles. The minimum absolute atomic E-state index is 0.00887. The van der Waals surface area contributed by atoms with E-state index in [2.05, 4.69) is 22.1 Å². The van der Waals surface area contributed by atoms with Crippen LogP contribution in [0.2, 0.25) is 0 Å². The van der Waals surface area contributed by atoms with E-state index >= 15 is 0 Å². The molecule has 2 heterocycles. The van der Waals surface area contributed by atoms with Gasteiger partial charge in [0, 0.05) is 42.0 Å². The zero-order valence-corrected chi connectivity index (χ0v) is 12.9. The van der Waals surface area contributed by atoms with E-state index in [0.29, 0.717) is 17.5 Å². The van der Waals surface area contributed by atoms with E-state index in [4.69, 9.17) is 0 Å². The second kappa shape index (κ2) is 6.16. The molecule has 0 amide bonds. The molecule has 1 aromatic carbocycles. The largest absolute Gasteiger partial charge is 0.369 e. The maximum absolute atomic E-state index is 13.2. The fraction of sp³-hybridized carbons (Fsp3) is 0.471. The van der Waals surface area contributed by atoms with Crippen molar-refractivity contribution in [1.29, 1.82) is 0 Å². The van der Waals surface area contributed by atoms with Crippen LogP contribution < -0.4 is 10.2 Å². The van der Waals surface area contributed by atoms with Crippen LogP contribution in [0.1, 0.15) is 25.3 Å². The van der Waals surface area contributed by atoms with E-state index in [0.717, 1.165) is 30.6 Å². The van der Waals surface area contributed by atoms with Crippen molar-refractivity contribution in [2.24, 2.45) is 5.92 Å². The van der Waals surface area contributed by atoms with Gasteiger partial charge in [0.15, 0.2) is 0 Å². The Morgan fingerprint density at radius 1 is 1.27 bits per heavy atom. The number of likely N-dealkylation sites (N-methyl/N-ethyl adjacent to an activating group) is 1. The first-order chi connectivity index (χ1) is 10.6. The molecule has 0 unspecified atom stereocenters. The third-order valence-electron chi connectivity index (χ3n) is 4.42. The van der Waals surface area contributed by atoms with Crippen LogP contribution in [-0.4, -0.2) is 31.2 Å². The predicted molar refractivity (Wildman–Crippen MR) is 85.5 cm³/mol. The van der Waals surface area contributed by atoms with Crippen molar-refractivity contribution in [2.45, 2.75) is 25.8 Å². The second-order valence-corrected chi connectivity index (χ2v) is 6.11. The van der Waals surface area contributed by atoms with E-state index in [9.17, 15) is 8.78 Å². The number of piperidine rings is 1. The number of anilines is 1. The summed E-state index contributed by atoms with van der Waals surface area (Å²) in [5, 5.41) is 4.14. The van der Waals surface area contributed by atoms with Gasteiger partial charge >= 0.3 is 0 Å². The second-order valence-electron chi connectivity index (χ2n) is 6.11. The number of nitrogens with one attached hydrogen (secondary N) is 1. The molecule has 3 rings (SSSR count). The molecule has 0 saturated carbocycles. The summed E-state index contributed by atoms with van der Waals surface area (Å²) in [4.78, 5) is 6.48. The highest BCUT2D eigenvalue weighted by Crippen LogP contribution is 2.34. The fourth-order valence-corrected chi connectivity index (χ4v) is 3.39. The van der Waals surface area contributed by atoms with Gasteiger partial charge in [-0.25, -0.2) is 8.78 Å². The summed E-state index contributed by atoms with van der Waals surface area (Å²) >= 11 is 0. The van der Waals surface area contributed by atoms with Crippen LogP contribution in [0.3, 0.4) is 0 Å². The summed E-state index contributed by atoms with van der Waals surface area (Å²) in [6, 6.07) is 7.45. The number of alkyl halides is 2. The molecule has 0 aliphatic carbocycles. The monoisotopic (exact) mass is 305 g/mol. The maximum Gasteiger partial charge on any atom is 0.265 e. The Bertz CT molecular complexity index is 659. The van der Waals surface area contributed by atoms with Crippen molar-refractivity contribution in [1.82, 2.24) is 10.3 Å². The van der Waals surface area contributed by atoms with E-state index < -0.39 is 6.43 Å². The number of nitrogens with zero attached hydrogens (tertiary/aromatic N) is 2. The summed E-state index contributed by atoms with van der Waals surface area (Å²) < 4.78 is 26.4. The highest BCUT2D eigenvalue weighted by atomic mass is 19.3. The van der Waals surface area contributed by atoms with Gasteiger partial charge < -0.3 is 10.2 Å². The Balaban J connectivity index is 2.06. The highest BCUT2D eigenvalue weighted by molar-refractivity contribution is 5.94. The Morgan fingerprint density at radius 3 is 2.82 bits per heavy atom. The SMILES string of the molecule is CN[C@H]1C[C@@H](C)CN(c2ccc(C(F)F)c3ncccc23)C1. The predicted octanol–water partition coefficient (Wildman–Crippen LogP) is 3.61. The van der Waals surface area contributed by atoms with E-state index in [1.807, 2.05) is 25.2 Å². The first-order valence-corrected chi connectivity index (χ1v) is 7.68. The highest BCUT2D eigenvalue weighted by Gasteiger charge is 2.25. The molecule has 2 aromatic rings. The van der Waals surface area contributed by atoms with Crippen LogP contribution in [0.5, 0.6) is 0 Å². The molecule has 1 aliphatic heterocycles. The maximum atomic E-state index is 13.2. The fourth-order valence-electron chi connectivity index (χ4n) is 3.39. The van der Waals surface area contributed by atoms with E-state index in [-0.39, 0.29) is 5.56 Å². The van der Waals surface area contributed by atoms with Crippen LogP contribution in [0.15, 0.2) is 30.5 Å². The molecule has 2 atom stereocenters. The van der Waals surface area contributed by atoms with Gasteiger partial charge in [-0.2, -0.15) is 0 Å². The summed E-state index contributed by atoms with van der Waals surface area (Å²) in [5.41, 5.74) is 1.42. The van der Waals surface area contributed by atoms with Gasteiger partial charge in [-0.3, -0.25) is 4.98 Å². The molecule has 1 aromatic heterocycles. The van der Waals surface area contributed by atoms with E-state index in [1.165, 1.54) is 6.07 Å². The van der Waals surface area contributed by atoms with Gasteiger partial charge in [0.25, 0.3) is 6.43 Å². The van der Waals surface area contributed by atoms with Gasteiger partial charge in [0.2, 0.25) is 0 Å². The average molecular weight is 305 g/mol. The van der Waals surface area contributed by atoms with Crippen molar-refractivity contribution in [2.75, 3.05) is 25.0 Å². The third kappa shape index (κ3) is 2.77. The Hall–Kier alpha value is -1.75. The number of halogens is 2.